The number of nitrogens with zero attached hydrogens (tertiary/aromatic N) is 2. The van der Waals surface area contributed by atoms with Crippen molar-refractivity contribution in [3.8, 4) is 0 Å². The Bertz CT molecular complexity index is 670. The van der Waals surface area contributed by atoms with E-state index in [9.17, 15) is 9.59 Å². The lowest BCUT2D eigenvalue weighted by atomic mass is 10.2. The number of hydrogen-bond acceptors (Lipinski definition) is 3. The van der Waals surface area contributed by atoms with Gasteiger partial charge >= 0.3 is 5.69 Å². The third-order valence-electron chi connectivity index (χ3n) is 3.13. The molecule has 0 fully saturated rings. The van der Waals surface area contributed by atoms with Crippen molar-refractivity contribution in [3.63, 3.8) is 0 Å². The van der Waals surface area contributed by atoms with E-state index in [-0.39, 0.29) is 11.2 Å². The number of unbranched alkanes of at least 4 members (excludes halogenated alkanes) is 1. The maximum Gasteiger partial charge on any atom is 0.328 e. The molecule has 1 aromatic heterocycles. The Morgan fingerprint density at radius 3 is 2.63 bits per heavy atom. The topological polar surface area (TPSA) is 58.1 Å². The maximum absolute atomic E-state index is 12.2. The fraction of sp³-hybridized carbons (Fsp3) is 0.429. The van der Waals surface area contributed by atoms with Gasteiger partial charge in [-0.1, -0.05) is 12.1 Å². The number of H-pyrrole nitrogens is 1. The van der Waals surface area contributed by atoms with Crippen LogP contribution in [0.4, 0.5) is 0 Å². The Kier molecular flexibility index (Phi) is 4.16. The highest BCUT2D eigenvalue weighted by atomic mass is 16.2. The van der Waals surface area contributed by atoms with Crippen molar-refractivity contribution in [2.75, 3.05) is 20.6 Å². The second-order valence-corrected chi connectivity index (χ2v) is 4.94. The molecule has 5 nitrogen and oxygen atoms in total. The van der Waals surface area contributed by atoms with Crippen molar-refractivity contribution in [1.29, 1.82) is 0 Å². The summed E-state index contributed by atoms with van der Waals surface area (Å²) >= 11 is 0. The monoisotopic (exact) mass is 261 g/mol. The van der Waals surface area contributed by atoms with Crippen molar-refractivity contribution >= 4 is 10.9 Å². The first-order valence-corrected chi connectivity index (χ1v) is 6.46. The summed E-state index contributed by atoms with van der Waals surface area (Å²) in [6.07, 6.45) is 1.78. The standard InChI is InChI=1S/C14H19N3O2/c1-16(2)9-5-6-10-17-13(18)11-7-3-4-8-12(11)15-14(17)19/h3-4,7-8H,5-6,9-10H2,1-2H3,(H,15,19). The summed E-state index contributed by atoms with van der Waals surface area (Å²) in [7, 11) is 4.02. The van der Waals surface area contributed by atoms with Crippen molar-refractivity contribution in [2.45, 2.75) is 19.4 Å². The molecular formula is C14H19N3O2. The van der Waals surface area contributed by atoms with Crippen LogP contribution < -0.4 is 11.2 Å². The van der Waals surface area contributed by atoms with Gasteiger partial charge in [-0.15, -0.1) is 0 Å². The van der Waals surface area contributed by atoms with Crippen LogP contribution in [0.2, 0.25) is 0 Å². The first-order chi connectivity index (χ1) is 9.09. The lowest BCUT2D eigenvalue weighted by Crippen LogP contribution is -2.35. The molecule has 0 saturated carbocycles. The van der Waals surface area contributed by atoms with Crippen LogP contribution in [-0.2, 0) is 6.54 Å². The normalized spacial score (nSPS) is 11.3. The molecular weight excluding hydrogens is 242 g/mol. The second kappa shape index (κ2) is 5.84. The average Bonchev–Trinajstić information content (AvgIpc) is 2.37. The van der Waals surface area contributed by atoms with E-state index < -0.39 is 0 Å². The number of hydrogen-bond donors (Lipinski definition) is 1. The molecule has 0 aliphatic rings. The van der Waals surface area contributed by atoms with Gasteiger partial charge in [-0.05, 0) is 45.6 Å². The fourth-order valence-corrected chi connectivity index (χ4v) is 2.10. The second-order valence-electron chi connectivity index (χ2n) is 4.94. The van der Waals surface area contributed by atoms with E-state index in [0.29, 0.717) is 17.4 Å². The molecule has 2 aromatic rings. The quantitative estimate of drug-likeness (QED) is 0.818. The molecule has 0 spiro atoms. The Balaban J connectivity index is 2.24. The first-order valence-electron chi connectivity index (χ1n) is 6.46. The zero-order valence-electron chi connectivity index (χ0n) is 11.3. The number of aromatic nitrogens is 2. The van der Waals surface area contributed by atoms with Gasteiger partial charge in [0, 0.05) is 6.54 Å². The highest BCUT2D eigenvalue weighted by Crippen LogP contribution is 2.03. The van der Waals surface area contributed by atoms with Crippen molar-refractivity contribution in [2.24, 2.45) is 0 Å². The Hall–Kier alpha value is -1.88. The summed E-state index contributed by atoms with van der Waals surface area (Å²) in [4.78, 5) is 28.9. The van der Waals surface area contributed by atoms with Crippen molar-refractivity contribution < 1.29 is 0 Å². The van der Waals surface area contributed by atoms with E-state index in [0.717, 1.165) is 19.4 Å². The molecule has 0 unspecified atom stereocenters. The molecule has 0 bridgehead atoms. The van der Waals surface area contributed by atoms with Gasteiger partial charge in [-0.25, -0.2) is 4.79 Å². The number of nitrogens with one attached hydrogen (secondary N) is 1. The van der Waals surface area contributed by atoms with Crippen molar-refractivity contribution in [1.82, 2.24) is 14.5 Å². The molecule has 0 aliphatic carbocycles. The summed E-state index contributed by atoms with van der Waals surface area (Å²) in [5.74, 6) is 0. The summed E-state index contributed by atoms with van der Waals surface area (Å²) in [6.45, 7) is 1.42. The number of rotatable bonds is 5. The van der Waals surface area contributed by atoms with E-state index in [1.54, 1.807) is 24.3 Å². The van der Waals surface area contributed by atoms with Crippen LogP contribution in [0.25, 0.3) is 10.9 Å². The van der Waals surface area contributed by atoms with Crippen LogP contribution in [0, 0.1) is 0 Å². The predicted octanol–water partition coefficient (Wildman–Crippen LogP) is 1.03. The summed E-state index contributed by atoms with van der Waals surface area (Å²) in [5, 5.41) is 0.565. The van der Waals surface area contributed by atoms with Crippen LogP contribution in [0.1, 0.15) is 12.8 Å². The first kappa shape index (κ1) is 13.5. The van der Waals surface area contributed by atoms with Crippen LogP contribution in [0.15, 0.2) is 33.9 Å². The minimum Gasteiger partial charge on any atom is -0.309 e. The van der Waals surface area contributed by atoms with E-state index in [2.05, 4.69) is 9.88 Å². The Morgan fingerprint density at radius 2 is 1.89 bits per heavy atom. The van der Waals surface area contributed by atoms with E-state index >= 15 is 0 Å². The largest absolute Gasteiger partial charge is 0.328 e. The summed E-state index contributed by atoms with van der Waals surface area (Å²) < 4.78 is 1.29. The van der Waals surface area contributed by atoms with Gasteiger partial charge in [-0.2, -0.15) is 0 Å². The molecule has 1 heterocycles. The highest BCUT2D eigenvalue weighted by molar-refractivity contribution is 5.76. The molecule has 0 amide bonds. The lowest BCUT2D eigenvalue weighted by molar-refractivity contribution is 0.386. The number of para-hydroxylation sites is 1. The van der Waals surface area contributed by atoms with Crippen LogP contribution in [-0.4, -0.2) is 35.1 Å². The van der Waals surface area contributed by atoms with Crippen LogP contribution in [0.3, 0.4) is 0 Å². The Morgan fingerprint density at radius 1 is 1.16 bits per heavy atom. The molecule has 1 N–H and O–H groups in total. The number of fused-ring (bicyclic) bond motifs is 1. The van der Waals surface area contributed by atoms with Gasteiger partial charge in [0.2, 0.25) is 0 Å². The fourth-order valence-electron chi connectivity index (χ4n) is 2.10. The lowest BCUT2D eigenvalue weighted by Gasteiger charge is -2.09. The molecule has 0 radical (unpaired) electrons. The molecule has 2 rings (SSSR count). The maximum atomic E-state index is 12.2. The predicted molar refractivity (Wildman–Crippen MR) is 76.6 cm³/mol. The average molecular weight is 261 g/mol. The van der Waals surface area contributed by atoms with Gasteiger partial charge in [-0.3, -0.25) is 9.36 Å². The minimum atomic E-state index is -0.325. The Labute approximate surface area is 111 Å². The minimum absolute atomic E-state index is 0.204. The molecule has 0 saturated heterocycles. The third kappa shape index (κ3) is 3.12. The van der Waals surface area contributed by atoms with Gasteiger partial charge in [0.15, 0.2) is 0 Å². The molecule has 0 atom stereocenters. The number of benzene rings is 1. The van der Waals surface area contributed by atoms with Crippen LogP contribution >= 0.6 is 0 Å². The zero-order valence-corrected chi connectivity index (χ0v) is 11.3. The molecule has 19 heavy (non-hydrogen) atoms. The van der Waals surface area contributed by atoms with Gasteiger partial charge in [0.25, 0.3) is 5.56 Å². The van der Waals surface area contributed by atoms with E-state index in [4.69, 9.17) is 0 Å². The SMILES string of the molecule is CN(C)CCCCn1c(=O)[nH]c2ccccc2c1=O. The van der Waals surface area contributed by atoms with E-state index in [1.165, 1.54) is 4.57 Å². The zero-order chi connectivity index (χ0) is 13.8. The summed E-state index contributed by atoms with van der Waals surface area (Å²) in [6, 6.07) is 7.09. The van der Waals surface area contributed by atoms with Gasteiger partial charge in [0.05, 0.1) is 10.9 Å². The number of aromatic amines is 1. The van der Waals surface area contributed by atoms with Crippen LogP contribution in [0.5, 0.6) is 0 Å². The molecule has 0 aliphatic heterocycles. The van der Waals surface area contributed by atoms with E-state index in [1.807, 2.05) is 14.1 Å². The highest BCUT2D eigenvalue weighted by Gasteiger charge is 2.06. The summed E-state index contributed by atoms with van der Waals surface area (Å²) in [5.41, 5.74) is 0.0693. The van der Waals surface area contributed by atoms with Gasteiger partial charge in [0.1, 0.15) is 0 Å². The molecule has 5 heteroatoms. The van der Waals surface area contributed by atoms with Crippen molar-refractivity contribution in [3.05, 3.63) is 45.1 Å². The molecule has 102 valence electrons. The third-order valence-corrected chi connectivity index (χ3v) is 3.13. The molecule has 1 aromatic carbocycles. The smallest absolute Gasteiger partial charge is 0.309 e. The van der Waals surface area contributed by atoms with Gasteiger partial charge < -0.3 is 9.88 Å².